The first-order valence-electron chi connectivity index (χ1n) is 4.80. The van der Waals surface area contributed by atoms with Crippen molar-refractivity contribution in [3.05, 3.63) is 22.0 Å². The lowest BCUT2D eigenvalue weighted by Crippen LogP contribution is -2.12. The predicted octanol–water partition coefficient (Wildman–Crippen LogP) is 1.87. The Morgan fingerprint density at radius 3 is 2.80 bits per heavy atom. The lowest BCUT2D eigenvalue weighted by molar-refractivity contribution is 0.0524. The maximum atomic E-state index is 11.6. The van der Waals surface area contributed by atoms with Crippen LogP contribution in [0.4, 0.5) is 0 Å². The van der Waals surface area contributed by atoms with Gasteiger partial charge >= 0.3 is 5.97 Å². The van der Waals surface area contributed by atoms with Gasteiger partial charge in [-0.3, -0.25) is 0 Å². The number of H-pyrrole nitrogens is 1. The van der Waals surface area contributed by atoms with E-state index in [2.05, 4.69) is 10.3 Å². The van der Waals surface area contributed by atoms with E-state index >= 15 is 0 Å². The largest absolute Gasteiger partial charge is 0.462 e. The van der Waals surface area contributed by atoms with Gasteiger partial charge in [0.05, 0.1) is 12.2 Å². The molecule has 0 atom stereocenters. The summed E-state index contributed by atoms with van der Waals surface area (Å²) in [6.07, 6.45) is 0. The third-order valence-electron chi connectivity index (χ3n) is 2.07. The quantitative estimate of drug-likeness (QED) is 0.777. The third kappa shape index (κ3) is 2.52. The molecule has 0 radical (unpaired) electrons. The summed E-state index contributed by atoms with van der Waals surface area (Å²) in [6, 6.07) is 0. The zero-order chi connectivity index (χ0) is 11.4. The highest BCUT2D eigenvalue weighted by molar-refractivity contribution is 6.31. The van der Waals surface area contributed by atoms with E-state index in [0.717, 1.165) is 11.3 Å². The van der Waals surface area contributed by atoms with Crippen LogP contribution in [0.15, 0.2) is 0 Å². The molecule has 1 aromatic heterocycles. The van der Waals surface area contributed by atoms with Crippen LogP contribution in [-0.4, -0.2) is 24.6 Å². The van der Waals surface area contributed by atoms with Gasteiger partial charge in [-0.2, -0.15) is 0 Å². The molecule has 0 spiro atoms. The lowest BCUT2D eigenvalue weighted by atomic mass is 10.1. The molecule has 15 heavy (non-hydrogen) atoms. The molecule has 0 unspecified atom stereocenters. The number of carbonyl (C=O) groups is 1. The first-order chi connectivity index (χ1) is 7.11. The number of aromatic amines is 1. The molecule has 0 aromatic carbocycles. The number of halogens is 1. The molecule has 0 saturated heterocycles. The van der Waals surface area contributed by atoms with E-state index in [0.29, 0.717) is 23.9 Å². The minimum Gasteiger partial charge on any atom is -0.462 e. The Morgan fingerprint density at radius 2 is 2.27 bits per heavy atom. The van der Waals surface area contributed by atoms with Gasteiger partial charge in [-0.15, -0.1) is 0 Å². The molecule has 5 heteroatoms. The highest BCUT2D eigenvalue weighted by Crippen LogP contribution is 2.23. The van der Waals surface area contributed by atoms with Crippen LogP contribution in [0.3, 0.4) is 0 Å². The van der Waals surface area contributed by atoms with Crippen molar-refractivity contribution in [1.29, 1.82) is 0 Å². The van der Waals surface area contributed by atoms with Crippen molar-refractivity contribution in [2.45, 2.75) is 20.4 Å². The smallest absolute Gasteiger partial charge is 0.340 e. The molecule has 0 amide bonds. The monoisotopic (exact) mass is 230 g/mol. The predicted molar refractivity (Wildman–Crippen MR) is 59.3 cm³/mol. The van der Waals surface area contributed by atoms with Crippen molar-refractivity contribution in [2.24, 2.45) is 0 Å². The Morgan fingerprint density at radius 1 is 1.60 bits per heavy atom. The van der Waals surface area contributed by atoms with Gasteiger partial charge in [0, 0.05) is 17.8 Å². The molecule has 0 aliphatic rings. The van der Waals surface area contributed by atoms with Crippen molar-refractivity contribution in [1.82, 2.24) is 10.3 Å². The lowest BCUT2D eigenvalue weighted by Gasteiger charge is -2.04. The number of hydrogen-bond donors (Lipinski definition) is 2. The van der Waals surface area contributed by atoms with Gasteiger partial charge in [0.1, 0.15) is 5.15 Å². The second kappa shape index (κ2) is 5.19. The van der Waals surface area contributed by atoms with Gasteiger partial charge in [0.2, 0.25) is 0 Å². The zero-order valence-corrected chi connectivity index (χ0v) is 9.86. The Labute approximate surface area is 94.0 Å². The molecule has 0 fully saturated rings. The average molecular weight is 231 g/mol. The van der Waals surface area contributed by atoms with E-state index in [1.54, 1.807) is 20.9 Å². The summed E-state index contributed by atoms with van der Waals surface area (Å²) in [4.78, 5) is 14.6. The van der Waals surface area contributed by atoms with Crippen molar-refractivity contribution in [2.75, 3.05) is 13.7 Å². The molecule has 2 N–H and O–H groups in total. The average Bonchev–Trinajstić information content (AvgIpc) is 2.43. The minimum absolute atomic E-state index is 0.330. The first kappa shape index (κ1) is 12.1. The van der Waals surface area contributed by atoms with Crippen LogP contribution < -0.4 is 5.32 Å². The molecule has 4 nitrogen and oxygen atoms in total. The molecule has 0 saturated carbocycles. The summed E-state index contributed by atoms with van der Waals surface area (Å²) in [5.41, 5.74) is 2.04. The minimum atomic E-state index is -0.330. The number of rotatable bonds is 4. The highest BCUT2D eigenvalue weighted by Gasteiger charge is 2.20. The normalized spacial score (nSPS) is 10.4. The van der Waals surface area contributed by atoms with E-state index in [1.165, 1.54) is 0 Å². The summed E-state index contributed by atoms with van der Waals surface area (Å²) in [5, 5.41) is 3.45. The Balaban J connectivity index is 3.08. The second-order valence-corrected chi connectivity index (χ2v) is 3.55. The zero-order valence-electron chi connectivity index (χ0n) is 9.11. The van der Waals surface area contributed by atoms with Gasteiger partial charge < -0.3 is 15.0 Å². The van der Waals surface area contributed by atoms with Gasteiger partial charge in [-0.25, -0.2) is 4.79 Å². The van der Waals surface area contributed by atoms with Crippen molar-refractivity contribution in [3.8, 4) is 0 Å². The van der Waals surface area contributed by atoms with E-state index in [4.69, 9.17) is 16.3 Å². The SMILES string of the molecule is CCOC(=O)c1c(C)[nH]c(Cl)c1CNC. The molecule has 1 rings (SSSR count). The van der Waals surface area contributed by atoms with Gasteiger partial charge in [0.25, 0.3) is 0 Å². The molecular formula is C10H15ClN2O2. The fourth-order valence-corrected chi connectivity index (χ4v) is 1.76. The topological polar surface area (TPSA) is 54.1 Å². The van der Waals surface area contributed by atoms with Crippen LogP contribution in [0.25, 0.3) is 0 Å². The van der Waals surface area contributed by atoms with Crippen molar-refractivity contribution in [3.63, 3.8) is 0 Å². The molecule has 0 aliphatic heterocycles. The van der Waals surface area contributed by atoms with Gasteiger partial charge in [-0.05, 0) is 20.9 Å². The Kier molecular flexibility index (Phi) is 4.17. The Bertz CT molecular complexity index is 361. The number of carbonyl (C=O) groups excluding carboxylic acids is 1. The molecule has 0 bridgehead atoms. The van der Waals surface area contributed by atoms with Crippen LogP contribution in [0.2, 0.25) is 5.15 Å². The van der Waals surface area contributed by atoms with Crippen LogP contribution in [-0.2, 0) is 11.3 Å². The first-order valence-corrected chi connectivity index (χ1v) is 5.18. The van der Waals surface area contributed by atoms with E-state index in [9.17, 15) is 4.79 Å². The summed E-state index contributed by atoms with van der Waals surface area (Å²) in [7, 11) is 1.80. The number of aryl methyl sites for hydroxylation is 1. The van der Waals surface area contributed by atoms with Crippen molar-refractivity contribution < 1.29 is 9.53 Å². The fourth-order valence-electron chi connectivity index (χ4n) is 1.46. The number of hydrogen-bond acceptors (Lipinski definition) is 3. The molecule has 1 heterocycles. The van der Waals surface area contributed by atoms with Crippen molar-refractivity contribution >= 4 is 17.6 Å². The van der Waals surface area contributed by atoms with E-state index in [1.807, 2.05) is 0 Å². The molecule has 0 aliphatic carbocycles. The standard InChI is InChI=1S/C10H15ClN2O2/c1-4-15-10(14)8-6(2)13-9(11)7(8)5-12-3/h12-13H,4-5H2,1-3H3. The molecule has 84 valence electrons. The summed E-state index contributed by atoms with van der Waals surface area (Å²) in [6.45, 7) is 4.48. The molecular weight excluding hydrogens is 216 g/mol. The van der Waals surface area contributed by atoms with Crippen LogP contribution >= 0.6 is 11.6 Å². The maximum absolute atomic E-state index is 11.6. The number of aromatic nitrogens is 1. The van der Waals surface area contributed by atoms with Gasteiger partial charge in [-0.1, -0.05) is 11.6 Å². The van der Waals surface area contributed by atoms with E-state index in [-0.39, 0.29) is 5.97 Å². The van der Waals surface area contributed by atoms with Crippen LogP contribution in [0.5, 0.6) is 0 Å². The van der Waals surface area contributed by atoms with E-state index < -0.39 is 0 Å². The van der Waals surface area contributed by atoms with Crippen LogP contribution in [0.1, 0.15) is 28.5 Å². The summed E-state index contributed by atoms with van der Waals surface area (Å²) in [5.74, 6) is -0.330. The highest BCUT2D eigenvalue weighted by atomic mass is 35.5. The summed E-state index contributed by atoms with van der Waals surface area (Å²) >= 11 is 5.97. The number of esters is 1. The third-order valence-corrected chi connectivity index (χ3v) is 2.39. The fraction of sp³-hybridized carbons (Fsp3) is 0.500. The van der Waals surface area contributed by atoms with Gasteiger partial charge in [0.15, 0.2) is 0 Å². The molecule has 1 aromatic rings. The Hall–Kier alpha value is -1.00. The number of nitrogens with one attached hydrogen (secondary N) is 2. The summed E-state index contributed by atoms with van der Waals surface area (Å²) < 4.78 is 4.96. The maximum Gasteiger partial charge on any atom is 0.340 e. The number of ether oxygens (including phenoxy) is 1. The van der Waals surface area contributed by atoms with Crippen LogP contribution in [0, 0.1) is 6.92 Å². The second-order valence-electron chi connectivity index (χ2n) is 3.17.